The molecule has 0 aliphatic carbocycles. The third-order valence-electron chi connectivity index (χ3n) is 11.2. The van der Waals surface area contributed by atoms with Crippen molar-refractivity contribution >= 4 is 0 Å². The maximum atomic E-state index is 5.71. The van der Waals surface area contributed by atoms with Crippen LogP contribution < -0.4 is 0 Å². The molecule has 0 unspecified atom stereocenters. The highest BCUT2D eigenvalue weighted by Crippen LogP contribution is 2.14. The summed E-state index contributed by atoms with van der Waals surface area (Å²) in [7, 11) is 0. The topological polar surface area (TPSA) is 120 Å². The molecule has 13 nitrogen and oxygen atoms in total. The molecule has 0 heterocycles. The summed E-state index contributed by atoms with van der Waals surface area (Å²) in [5, 5.41) is 0. The summed E-state index contributed by atoms with van der Waals surface area (Å²) in [6.07, 6.45) is 35.6. The van der Waals surface area contributed by atoms with E-state index in [1.54, 1.807) is 0 Å². The first-order chi connectivity index (χ1) is 33.4. The average Bonchev–Trinajstić information content (AvgIpc) is 3.34. The molecular formula is C54H110O13. The monoisotopic (exact) mass is 967 g/mol. The number of unbranched alkanes of at least 4 members (excludes halogenated alkanes) is 24. The number of hydrogen-bond donors (Lipinski definition) is 0. The van der Waals surface area contributed by atoms with Gasteiger partial charge in [0.15, 0.2) is 0 Å². The van der Waals surface area contributed by atoms with E-state index in [-0.39, 0.29) is 0 Å². The molecule has 67 heavy (non-hydrogen) atoms. The Balaban J connectivity index is 3.07. The molecule has 0 atom stereocenters. The molecule has 0 radical (unpaired) electrons. The van der Waals surface area contributed by atoms with Gasteiger partial charge in [-0.15, -0.1) is 0 Å². The normalized spacial score (nSPS) is 11.7. The number of hydrogen-bond acceptors (Lipinski definition) is 13. The Morgan fingerprint density at radius 2 is 0.224 bits per heavy atom. The third kappa shape index (κ3) is 65.5. The fourth-order valence-corrected chi connectivity index (χ4v) is 7.18. The van der Waals surface area contributed by atoms with Crippen LogP contribution in [0.15, 0.2) is 0 Å². The zero-order chi connectivity index (χ0) is 48.0. The predicted molar refractivity (Wildman–Crippen MR) is 272 cm³/mol. The Labute approximate surface area is 413 Å². The van der Waals surface area contributed by atoms with Crippen LogP contribution in [0.25, 0.3) is 0 Å². The Hall–Kier alpha value is -0.520. The van der Waals surface area contributed by atoms with Crippen molar-refractivity contribution in [1.29, 1.82) is 0 Å². The SMILES string of the molecule is CCCCCCCCCCCCCCCCCCOCCOCCOCCOCCOCCOCCOCCOCCOCCOCCOCCOCCOCCCCCCCCCCCC. The lowest BCUT2D eigenvalue weighted by atomic mass is 10.0. The van der Waals surface area contributed by atoms with Gasteiger partial charge in [-0.2, -0.15) is 0 Å². The summed E-state index contributed by atoms with van der Waals surface area (Å²) < 4.78 is 72.5. The highest BCUT2D eigenvalue weighted by molar-refractivity contribution is 4.51. The van der Waals surface area contributed by atoms with Gasteiger partial charge >= 0.3 is 0 Å². The Kier molecular flexibility index (Phi) is 65.0. The molecule has 0 amide bonds. The number of rotatable bonds is 64. The van der Waals surface area contributed by atoms with E-state index in [1.807, 2.05) is 0 Å². The van der Waals surface area contributed by atoms with Crippen molar-refractivity contribution < 1.29 is 61.6 Å². The van der Waals surface area contributed by atoms with Gasteiger partial charge in [-0.05, 0) is 12.8 Å². The van der Waals surface area contributed by atoms with Crippen molar-refractivity contribution in [2.24, 2.45) is 0 Å². The molecule has 0 bridgehead atoms. The second-order valence-electron chi connectivity index (χ2n) is 17.4. The smallest absolute Gasteiger partial charge is 0.0701 e. The van der Waals surface area contributed by atoms with Crippen molar-refractivity contribution in [3.63, 3.8) is 0 Å². The Bertz CT molecular complexity index is 766. The van der Waals surface area contributed by atoms with Gasteiger partial charge in [0.25, 0.3) is 0 Å². The molecule has 0 N–H and O–H groups in total. The van der Waals surface area contributed by atoms with Crippen LogP contribution in [0.2, 0.25) is 0 Å². The molecule has 0 aromatic carbocycles. The molecule has 0 fully saturated rings. The molecule has 0 rings (SSSR count). The van der Waals surface area contributed by atoms with E-state index in [0.29, 0.717) is 159 Å². The van der Waals surface area contributed by atoms with Crippen LogP contribution in [0.5, 0.6) is 0 Å². The lowest BCUT2D eigenvalue weighted by molar-refractivity contribution is -0.0290. The van der Waals surface area contributed by atoms with E-state index < -0.39 is 0 Å². The molecule has 0 aliphatic rings. The van der Waals surface area contributed by atoms with Gasteiger partial charge in [0, 0.05) is 13.2 Å². The largest absolute Gasteiger partial charge is 0.379 e. The van der Waals surface area contributed by atoms with Gasteiger partial charge in [0.1, 0.15) is 0 Å². The van der Waals surface area contributed by atoms with E-state index in [1.165, 1.54) is 154 Å². The van der Waals surface area contributed by atoms with Crippen LogP contribution in [-0.2, 0) is 61.6 Å². The first-order valence-electron chi connectivity index (χ1n) is 27.9. The van der Waals surface area contributed by atoms with E-state index in [2.05, 4.69) is 13.8 Å². The lowest BCUT2D eigenvalue weighted by Gasteiger charge is -2.09. The molecule has 0 saturated heterocycles. The van der Waals surface area contributed by atoms with Crippen molar-refractivity contribution in [2.45, 2.75) is 181 Å². The highest BCUT2D eigenvalue weighted by Gasteiger charge is 2.00. The fraction of sp³-hybridized carbons (Fsp3) is 1.00. The summed E-state index contributed by atoms with van der Waals surface area (Å²) in [5.74, 6) is 0. The van der Waals surface area contributed by atoms with Gasteiger partial charge in [-0.25, -0.2) is 0 Å². The van der Waals surface area contributed by atoms with Crippen molar-refractivity contribution in [1.82, 2.24) is 0 Å². The minimum atomic E-state index is 0.518. The zero-order valence-electron chi connectivity index (χ0n) is 44.1. The quantitative estimate of drug-likeness (QED) is 0.0538. The van der Waals surface area contributed by atoms with Crippen molar-refractivity contribution in [3.8, 4) is 0 Å². The summed E-state index contributed by atoms with van der Waals surface area (Å²) >= 11 is 0. The zero-order valence-corrected chi connectivity index (χ0v) is 44.1. The molecule has 404 valence electrons. The Morgan fingerprint density at radius 1 is 0.119 bits per heavy atom. The molecular weight excluding hydrogens is 857 g/mol. The maximum Gasteiger partial charge on any atom is 0.0701 e. The van der Waals surface area contributed by atoms with E-state index in [9.17, 15) is 0 Å². The van der Waals surface area contributed by atoms with E-state index >= 15 is 0 Å². The van der Waals surface area contributed by atoms with Gasteiger partial charge in [0.05, 0.1) is 159 Å². The molecule has 0 aromatic rings. The maximum absolute atomic E-state index is 5.71. The second kappa shape index (κ2) is 65.5. The molecule has 0 aliphatic heterocycles. The van der Waals surface area contributed by atoms with Crippen LogP contribution >= 0.6 is 0 Å². The molecule has 13 heteroatoms. The molecule has 0 aromatic heterocycles. The predicted octanol–water partition coefficient (Wildman–Crippen LogP) is 11.4. The van der Waals surface area contributed by atoms with Gasteiger partial charge in [-0.3, -0.25) is 0 Å². The summed E-state index contributed by atoms with van der Waals surface area (Å²) in [6.45, 7) is 19.4. The van der Waals surface area contributed by atoms with Crippen molar-refractivity contribution in [3.05, 3.63) is 0 Å². The Morgan fingerprint density at radius 3 is 0.358 bits per heavy atom. The van der Waals surface area contributed by atoms with Crippen LogP contribution in [0, 0.1) is 0 Å². The van der Waals surface area contributed by atoms with E-state index in [4.69, 9.17) is 61.6 Å². The first-order valence-corrected chi connectivity index (χ1v) is 27.9. The molecule has 0 saturated carbocycles. The number of ether oxygens (including phenoxy) is 13. The van der Waals surface area contributed by atoms with Gasteiger partial charge in [-0.1, -0.05) is 168 Å². The summed E-state index contributed by atoms with van der Waals surface area (Å²) in [6, 6.07) is 0. The third-order valence-corrected chi connectivity index (χ3v) is 11.2. The summed E-state index contributed by atoms with van der Waals surface area (Å²) in [4.78, 5) is 0. The second-order valence-corrected chi connectivity index (χ2v) is 17.4. The van der Waals surface area contributed by atoms with Crippen LogP contribution in [-0.4, -0.2) is 172 Å². The lowest BCUT2D eigenvalue weighted by Crippen LogP contribution is -2.15. The highest BCUT2D eigenvalue weighted by atomic mass is 16.6. The van der Waals surface area contributed by atoms with Crippen LogP contribution in [0.4, 0.5) is 0 Å². The van der Waals surface area contributed by atoms with Gasteiger partial charge < -0.3 is 61.6 Å². The van der Waals surface area contributed by atoms with E-state index in [0.717, 1.165) is 26.1 Å². The van der Waals surface area contributed by atoms with Gasteiger partial charge in [0.2, 0.25) is 0 Å². The minimum Gasteiger partial charge on any atom is -0.379 e. The fourth-order valence-electron chi connectivity index (χ4n) is 7.18. The molecule has 0 spiro atoms. The summed E-state index contributed by atoms with van der Waals surface area (Å²) in [5.41, 5.74) is 0. The standard InChI is InChI=1S/C54H110O13/c1-3-5-7-9-11-13-15-16-17-18-19-20-22-24-26-28-30-56-32-34-58-36-38-60-40-42-62-44-46-64-48-50-66-52-54-67-53-51-65-49-47-63-45-43-61-41-39-59-37-35-57-33-31-55-29-27-25-23-21-14-12-10-8-6-4-2/h3-54H2,1-2H3. The van der Waals surface area contributed by atoms with Crippen LogP contribution in [0.1, 0.15) is 181 Å². The van der Waals surface area contributed by atoms with Crippen molar-refractivity contribution in [2.75, 3.05) is 172 Å². The minimum absolute atomic E-state index is 0.518. The average molecular weight is 967 g/mol. The van der Waals surface area contributed by atoms with Crippen LogP contribution in [0.3, 0.4) is 0 Å². The first kappa shape index (κ1) is 66.5.